The zero-order chi connectivity index (χ0) is 11.8. The molecule has 1 aromatic carbocycles. The molecule has 2 heterocycles. The van der Waals surface area contributed by atoms with Gasteiger partial charge in [0.1, 0.15) is 17.2 Å². The molecule has 0 saturated carbocycles. The minimum absolute atomic E-state index is 0.403. The lowest BCUT2D eigenvalue weighted by Crippen LogP contribution is -1.77. The highest BCUT2D eigenvalue weighted by atomic mass is 79.9. The van der Waals surface area contributed by atoms with E-state index in [1.165, 1.54) is 6.33 Å². The van der Waals surface area contributed by atoms with E-state index < -0.39 is 0 Å². The minimum Gasteiger partial charge on any atom is -0.438 e. The highest BCUT2D eigenvalue weighted by Crippen LogP contribution is 2.30. The Morgan fingerprint density at radius 1 is 1.18 bits per heavy atom. The molecule has 0 aliphatic carbocycles. The maximum atomic E-state index is 5.97. The first-order valence-corrected chi connectivity index (χ1v) is 6.07. The summed E-state index contributed by atoms with van der Waals surface area (Å²) < 4.78 is 6.63. The summed E-state index contributed by atoms with van der Waals surface area (Å²) in [5.41, 5.74) is 1.47. The van der Waals surface area contributed by atoms with Crippen molar-refractivity contribution in [2.75, 3.05) is 0 Å². The van der Waals surface area contributed by atoms with Crippen molar-refractivity contribution in [1.29, 1.82) is 0 Å². The van der Waals surface area contributed by atoms with Crippen LogP contribution in [0.5, 0.6) is 0 Å². The number of rotatable bonds is 1. The first-order valence-electron chi connectivity index (χ1n) is 4.90. The van der Waals surface area contributed by atoms with Gasteiger partial charge in [-0.2, -0.15) is 0 Å². The van der Waals surface area contributed by atoms with E-state index >= 15 is 0 Å². The monoisotopic (exact) mass is 308 g/mol. The molecule has 0 aliphatic rings. The van der Waals surface area contributed by atoms with Crippen molar-refractivity contribution < 1.29 is 4.42 Å². The summed E-state index contributed by atoms with van der Waals surface area (Å²) >= 11 is 9.39. The predicted molar refractivity (Wildman–Crippen MR) is 70.0 cm³/mol. The molecule has 3 rings (SSSR count). The second-order valence-electron chi connectivity index (χ2n) is 3.50. The van der Waals surface area contributed by atoms with Crippen LogP contribution in [0.3, 0.4) is 0 Å². The van der Waals surface area contributed by atoms with Crippen molar-refractivity contribution in [3.63, 3.8) is 0 Å². The summed E-state index contributed by atoms with van der Waals surface area (Å²) in [6.45, 7) is 0. The van der Waals surface area contributed by atoms with Crippen molar-refractivity contribution in [3.05, 3.63) is 46.3 Å². The third kappa shape index (κ3) is 1.94. The fraction of sp³-hybridized carbons (Fsp3) is 0. The van der Waals surface area contributed by atoms with Crippen LogP contribution in [0.25, 0.3) is 22.4 Å². The van der Waals surface area contributed by atoms with E-state index in [1.54, 1.807) is 0 Å². The Morgan fingerprint density at radius 2 is 2.06 bits per heavy atom. The Hall–Kier alpha value is -1.39. The molecule has 0 bridgehead atoms. The summed E-state index contributed by atoms with van der Waals surface area (Å²) in [6.07, 6.45) is 1.39. The maximum Gasteiger partial charge on any atom is 0.231 e. The number of aromatic nitrogens is 2. The molecule has 84 valence electrons. The zero-order valence-electron chi connectivity index (χ0n) is 8.52. The van der Waals surface area contributed by atoms with E-state index in [4.69, 9.17) is 16.0 Å². The predicted octanol–water partition coefficient (Wildman–Crippen LogP) is 4.31. The number of nitrogens with zero attached hydrogens (tertiary/aromatic N) is 2. The van der Waals surface area contributed by atoms with Crippen LogP contribution in [0.1, 0.15) is 0 Å². The Morgan fingerprint density at radius 3 is 2.82 bits per heavy atom. The lowest BCUT2D eigenvalue weighted by atomic mass is 10.2. The van der Waals surface area contributed by atoms with Gasteiger partial charge in [-0.15, -0.1) is 0 Å². The Balaban J connectivity index is 2.22. The van der Waals surface area contributed by atoms with Gasteiger partial charge in [-0.3, -0.25) is 0 Å². The lowest BCUT2D eigenvalue weighted by molar-refractivity contribution is 0.617. The fourth-order valence-electron chi connectivity index (χ4n) is 1.61. The second-order valence-corrected chi connectivity index (χ2v) is 4.78. The van der Waals surface area contributed by atoms with Crippen LogP contribution >= 0.6 is 27.5 Å². The SMILES string of the molecule is Clc1ncnc2oc(-c3cccc(Br)c3)cc12. The van der Waals surface area contributed by atoms with Crippen LogP contribution < -0.4 is 0 Å². The van der Waals surface area contributed by atoms with Gasteiger partial charge < -0.3 is 4.42 Å². The van der Waals surface area contributed by atoms with Gasteiger partial charge in [-0.25, -0.2) is 9.97 Å². The van der Waals surface area contributed by atoms with Crippen molar-refractivity contribution >= 4 is 38.6 Å². The van der Waals surface area contributed by atoms with Gasteiger partial charge in [0.25, 0.3) is 0 Å². The molecular weight excluding hydrogens is 304 g/mol. The standard InChI is InChI=1S/C12H6BrClN2O/c13-8-3-1-2-7(4-8)10-5-9-11(14)15-6-16-12(9)17-10/h1-6H. The van der Waals surface area contributed by atoms with E-state index in [-0.39, 0.29) is 0 Å². The number of fused-ring (bicyclic) bond motifs is 1. The van der Waals surface area contributed by atoms with E-state index in [1.807, 2.05) is 30.3 Å². The average Bonchev–Trinajstić information content (AvgIpc) is 2.74. The fourth-order valence-corrected chi connectivity index (χ4v) is 2.19. The number of hydrogen-bond acceptors (Lipinski definition) is 3. The first-order chi connectivity index (χ1) is 8.24. The van der Waals surface area contributed by atoms with Crippen LogP contribution in [0.4, 0.5) is 0 Å². The molecule has 17 heavy (non-hydrogen) atoms. The molecule has 3 aromatic rings. The number of halogens is 2. The van der Waals surface area contributed by atoms with Crippen molar-refractivity contribution in [1.82, 2.24) is 9.97 Å². The van der Waals surface area contributed by atoms with Crippen molar-refractivity contribution in [2.45, 2.75) is 0 Å². The van der Waals surface area contributed by atoms with Gasteiger partial charge in [0, 0.05) is 10.0 Å². The van der Waals surface area contributed by atoms with Crippen LogP contribution in [0, 0.1) is 0 Å². The summed E-state index contributed by atoms with van der Waals surface area (Å²) in [7, 11) is 0. The molecule has 0 amide bonds. The average molecular weight is 310 g/mol. The van der Waals surface area contributed by atoms with Gasteiger partial charge >= 0.3 is 0 Å². The molecule has 2 aromatic heterocycles. The third-order valence-corrected chi connectivity index (χ3v) is 3.18. The Kier molecular flexibility index (Phi) is 2.61. The van der Waals surface area contributed by atoms with Crippen LogP contribution in [-0.4, -0.2) is 9.97 Å². The Labute approximate surface area is 111 Å². The van der Waals surface area contributed by atoms with Crippen LogP contribution in [-0.2, 0) is 0 Å². The summed E-state index contributed by atoms with van der Waals surface area (Å²) in [5.74, 6) is 0.726. The van der Waals surface area contributed by atoms with Crippen LogP contribution in [0.15, 0.2) is 45.5 Å². The van der Waals surface area contributed by atoms with Gasteiger partial charge in [0.2, 0.25) is 5.71 Å². The third-order valence-electron chi connectivity index (χ3n) is 2.39. The van der Waals surface area contributed by atoms with E-state index in [9.17, 15) is 0 Å². The Bertz CT molecular complexity index is 696. The van der Waals surface area contributed by atoms with E-state index in [0.717, 1.165) is 21.2 Å². The van der Waals surface area contributed by atoms with Gasteiger partial charge in [0.05, 0.1) is 5.39 Å². The molecule has 0 fully saturated rings. The molecule has 3 nitrogen and oxygen atoms in total. The normalized spacial score (nSPS) is 10.9. The lowest BCUT2D eigenvalue weighted by Gasteiger charge is -1.95. The highest BCUT2D eigenvalue weighted by Gasteiger charge is 2.10. The summed E-state index contributed by atoms with van der Waals surface area (Å²) in [4.78, 5) is 7.95. The quantitative estimate of drug-likeness (QED) is 0.629. The first kappa shape index (κ1) is 10.7. The van der Waals surface area contributed by atoms with E-state index in [0.29, 0.717) is 10.9 Å². The van der Waals surface area contributed by atoms with E-state index in [2.05, 4.69) is 25.9 Å². The number of benzene rings is 1. The second kappa shape index (κ2) is 4.13. The molecule has 0 saturated heterocycles. The molecular formula is C12H6BrClN2O. The van der Waals surface area contributed by atoms with Gasteiger partial charge in [-0.05, 0) is 18.2 Å². The molecule has 0 unspecified atom stereocenters. The maximum absolute atomic E-state index is 5.97. The minimum atomic E-state index is 0.403. The largest absolute Gasteiger partial charge is 0.438 e. The number of furan rings is 1. The molecule has 0 aliphatic heterocycles. The molecule has 0 atom stereocenters. The molecule has 0 radical (unpaired) electrons. The number of hydrogen-bond donors (Lipinski definition) is 0. The molecule has 0 spiro atoms. The highest BCUT2D eigenvalue weighted by molar-refractivity contribution is 9.10. The topological polar surface area (TPSA) is 38.9 Å². The summed E-state index contributed by atoms with van der Waals surface area (Å²) in [5, 5.41) is 1.13. The van der Waals surface area contributed by atoms with Crippen molar-refractivity contribution in [2.24, 2.45) is 0 Å². The van der Waals surface area contributed by atoms with Crippen molar-refractivity contribution in [3.8, 4) is 11.3 Å². The van der Waals surface area contributed by atoms with Crippen LogP contribution in [0.2, 0.25) is 5.15 Å². The van der Waals surface area contributed by atoms with Gasteiger partial charge in [-0.1, -0.05) is 39.7 Å². The summed E-state index contributed by atoms with van der Waals surface area (Å²) in [6, 6.07) is 9.68. The van der Waals surface area contributed by atoms with Gasteiger partial charge in [0.15, 0.2) is 0 Å². The zero-order valence-corrected chi connectivity index (χ0v) is 10.9. The molecule has 0 N–H and O–H groups in total. The smallest absolute Gasteiger partial charge is 0.231 e. The molecule has 5 heteroatoms.